The van der Waals surface area contributed by atoms with E-state index in [0.717, 1.165) is 17.7 Å². The van der Waals surface area contributed by atoms with Gasteiger partial charge in [0.1, 0.15) is 5.82 Å². The lowest BCUT2D eigenvalue weighted by atomic mass is 10.1. The summed E-state index contributed by atoms with van der Waals surface area (Å²) in [4.78, 5) is -0.00154. The average Bonchev–Trinajstić information content (AvgIpc) is 2.41. The second-order valence-electron chi connectivity index (χ2n) is 4.23. The van der Waals surface area contributed by atoms with Gasteiger partial charge in [-0.25, -0.2) is 12.8 Å². The molecule has 0 amide bonds. The molecular weight excluding hydrogens is 281 g/mol. The highest BCUT2D eigenvalue weighted by molar-refractivity contribution is 7.92. The molecule has 0 unspecified atom stereocenters. The van der Waals surface area contributed by atoms with Crippen LogP contribution in [0.2, 0.25) is 0 Å². The van der Waals surface area contributed by atoms with Crippen molar-refractivity contribution in [1.29, 1.82) is 0 Å². The van der Waals surface area contributed by atoms with Crippen LogP contribution in [-0.2, 0) is 16.4 Å². The van der Waals surface area contributed by atoms with Crippen molar-refractivity contribution >= 4 is 15.7 Å². The van der Waals surface area contributed by atoms with Gasteiger partial charge in [-0.15, -0.1) is 0 Å². The summed E-state index contributed by atoms with van der Waals surface area (Å²) in [6.07, 6.45) is 0.519. The molecule has 106 valence electrons. The normalized spacial score (nSPS) is 11.3. The summed E-state index contributed by atoms with van der Waals surface area (Å²) in [6.45, 7) is 0.0423. The van der Waals surface area contributed by atoms with Gasteiger partial charge in [0, 0.05) is 12.3 Å². The minimum atomic E-state index is -3.72. The maximum Gasteiger partial charge on any atom is 0.261 e. The summed E-state index contributed by atoms with van der Waals surface area (Å²) in [5.74, 6) is -0.489. The largest absolute Gasteiger partial charge is 0.396 e. The van der Waals surface area contributed by atoms with Gasteiger partial charge < -0.3 is 5.11 Å². The highest BCUT2D eigenvalue weighted by Gasteiger charge is 2.13. The predicted octanol–water partition coefficient (Wildman–Crippen LogP) is 2.16. The number of anilines is 1. The van der Waals surface area contributed by atoms with E-state index in [2.05, 4.69) is 4.72 Å². The average molecular weight is 295 g/mol. The molecule has 0 aliphatic rings. The number of sulfonamides is 1. The van der Waals surface area contributed by atoms with Crippen molar-refractivity contribution in [2.75, 3.05) is 11.3 Å². The zero-order valence-corrected chi connectivity index (χ0v) is 11.4. The summed E-state index contributed by atoms with van der Waals surface area (Å²) in [5.41, 5.74) is 1.33. The van der Waals surface area contributed by atoms with Crippen molar-refractivity contribution in [3.05, 3.63) is 59.9 Å². The van der Waals surface area contributed by atoms with Crippen molar-refractivity contribution < 1.29 is 17.9 Å². The molecule has 2 rings (SSSR count). The molecule has 0 aliphatic carbocycles. The summed E-state index contributed by atoms with van der Waals surface area (Å²) < 4.78 is 39.3. The highest BCUT2D eigenvalue weighted by atomic mass is 32.2. The topological polar surface area (TPSA) is 66.4 Å². The molecule has 2 N–H and O–H groups in total. The van der Waals surface area contributed by atoms with Crippen LogP contribution in [0.15, 0.2) is 53.4 Å². The van der Waals surface area contributed by atoms with E-state index in [0.29, 0.717) is 12.1 Å². The van der Waals surface area contributed by atoms with Gasteiger partial charge in [0.05, 0.1) is 4.90 Å². The number of benzene rings is 2. The monoisotopic (exact) mass is 295 g/mol. The van der Waals surface area contributed by atoms with Crippen LogP contribution in [0.1, 0.15) is 5.56 Å². The van der Waals surface area contributed by atoms with E-state index in [4.69, 9.17) is 5.11 Å². The first-order chi connectivity index (χ1) is 9.51. The van der Waals surface area contributed by atoms with Crippen LogP contribution in [-0.4, -0.2) is 20.1 Å². The predicted molar refractivity (Wildman–Crippen MR) is 74.4 cm³/mol. The number of hydrogen-bond donors (Lipinski definition) is 2. The lowest BCUT2D eigenvalue weighted by Gasteiger charge is -2.08. The fourth-order valence-electron chi connectivity index (χ4n) is 1.70. The van der Waals surface area contributed by atoms with Gasteiger partial charge >= 0.3 is 0 Å². The molecule has 0 saturated carbocycles. The minimum absolute atomic E-state index is 0.00154. The smallest absolute Gasteiger partial charge is 0.261 e. The Morgan fingerprint density at radius 3 is 2.15 bits per heavy atom. The van der Waals surface area contributed by atoms with Gasteiger partial charge in [-0.3, -0.25) is 4.72 Å². The fraction of sp³-hybridized carbons (Fsp3) is 0.143. The van der Waals surface area contributed by atoms with Gasteiger partial charge in [0.15, 0.2) is 0 Å². The Bertz CT molecular complexity index is 667. The van der Waals surface area contributed by atoms with Crippen molar-refractivity contribution in [3.63, 3.8) is 0 Å². The van der Waals surface area contributed by atoms with E-state index in [9.17, 15) is 12.8 Å². The van der Waals surface area contributed by atoms with Gasteiger partial charge in [-0.2, -0.15) is 0 Å². The van der Waals surface area contributed by atoms with Crippen LogP contribution in [0.4, 0.5) is 10.1 Å². The van der Waals surface area contributed by atoms with Gasteiger partial charge in [-0.1, -0.05) is 12.1 Å². The maximum absolute atomic E-state index is 12.8. The zero-order valence-electron chi connectivity index (χ0n) is 10.6. The Hall–Kier alpha value is -1.92. The standard InChI is InChI=1S/C14H14FNO3S/c15-12-3-7-14(8-4-12)20(18,19)16-13-5-1-11(2-6-13)9-10-17/h1-8,16-17H,9-10H2. The molecule has 2 aromatic rings. The molecular formula is C14H14FNO3S. The number of aliphatic hydroxyl groups is 1. The maximum atomic E-state index is 12.8. The van der Waals surface area contributed by atoms with E-state index < -0.39 is 15.8 Å². The van der Waals surface area contributed by atoms with Crippen LogP contribution < -0.4 is 4.72 Å². The SMILES string of the molecule is O=S(=O)(Nc1ccc(CCO)cc1)c1ccc(F)cc1. The molecule has 0 saturated heterocycles. The number of hydrogen-bond acceptors (Lipinski definition) is 3. The van der Waals surface area contributed by atoms with Crippen molar-refractivity contribution in [1.82, 2.24) is 0 Å². The third-order valence-corrected chi connectivity index (χ3v) is 4.13. The highest BCUT2D eigenvalue weighted by Crippen LogP contribution is 2.17. The summed E-state index contributed by atoms with van der Waals surface area (Å²) in [7, 11) is -3.72. The first-order valence-electron chi connectivity index (χ1n) is 5.99. The first-order valence-corrected chi connectivity index (χ1v) is 7.48. The Labute approximate surface area is 116 Å². The Balaban J connectivity index is 2.17. The van der Waals surface area contributed by atoms with E-state index in [-0.39, 0.29) is 11.5 Å². The van der Waals surface area contributed by atoms with E-state index in [1.54, 1.807) is 24.3 Å². The molecule has 0 radical (unpaired) electrons. The molecule has 20 heavy (non-hydrogen) atoms. The summed E-state index contributed by atoms with van der Waals surface area (Å²) in [5, 5.41) is 8.80. The lowest BCUT2D eigenvalue weighted by Crippen LogP contribution is -2.12. The van der Waals surface area contributed by atoms with Crippen LogP contribution >= 0.6 is 0 Å². The quantitative estimate of drug-likeness (QED) is 0.888. The van der Waals surface area contributed by atoms with Crippen molar-refractivity contribution in [3.8, 4) is 0 Å². The summed E-state index contributed by atoms with van der Waals surface area (Å²) >= 11 is 0. The number of rotatable bonds is 5. The number of aliphatic hydroxyl groups excluding tert-OH is 1. The first kappa shape index (κ1) is 14.5. The Morgan fingerprint density at radius 2 is 1.60 bits per heavy atom. The lowest BCUT2D eigenvalue weighted by molar-refractivity contribution is 0.299. The van der Waals surface area contributed by atoms with Crippen molar-refractivity contribution in [2.24, 2.45) is 0 Å². The summed E-state index contributed by atoms with van der Waals surface area (Å²) in [6, 6.07) is 11.3. The molecule has 0 spiro atoms. The second-order valence-corrected chi connectivity index (χ2v) is 5.91. The molecule has 4 nitrogen and oxygen atoms in total. The van der Waals surface area contributed by atoms with Crippen molar-refractivity contribution in [2.45, 2.75) is 11.3 Å². The molecule has 0 fully saturated rings. The Morgan fingerprint density at radius 1 is 1.00 bits per heavy atom. The Kier molecular flexibility index (Phi) is 4.36. The van der Waals surface area contributed by atoms with Gasteiger partial charge in [0.25, 0.3) is 10.0 Å². The number of nitrogens with one attached hydrogen (secondary N) is 1. The van der Waals surface area contributed by atoms with Gasteiger partial charge in [-0.05, 0) is 48.4 Å². The van der Waals surface area contributed by atoms with Crippen LogP contribution in [0.5, 0.6) is 0 Å². The van der Waals surface area contributed by atoms with E-state index in [1.807, 2.05) is 0 Å². The zero-order chi connectivity index (χ0) is 14.6. The number of halogens is 1. The third kappa shape index (κ3) is 3.55. The fourth-order valence-corrected chi connectivity index (χ4v) is 2.76. The molecule has 2 aromatic carbocycles. The molecule has 0 bridgehead atoms. The molecule has 6 heteroatoms. The van der Waals surface area contributed by atoms with Crippen LogP contribution in [0, 0.1) is 5.82 Å². The van der Waals surface area contributed by atoms with E-state index >= 15 is 0 Å². The molecule has 0 heterocycles. The molecule has 0 atom stereocenters. The van der Waals surface area contributed by atoms with Crippen LogP contribution in [0.25, 0.3) is 0 Å². The molecule has 0 aromatic heterocycles. The third-order valence-electron chi connectivity index (χ3n) is 2.73. The van der Waals surface area contributed by atoms with E-state index in [1.165, 1.54) is 12.1 Å². The van der Waals surface area contributed by atoms with Gasteiger partial charge in [0.2, 0.25) is 0 Å². The second kappa shape index (κ2) is 6.02. The minimum Gasteiger partial charge on any atom is -0.396 e. The van der Waals surface area contributed by atoms with Crippen LogP contribution in [0.3, 0.4) is 0 Å². The molecule has 0 aliphatic heterocycles.